The third-order valence-electron chi connectivity index (χ3n) is 4.58. The number of rotatable bonds is 3. The average Bonchev–Trinajstić information content (AvgIpc) is 3.02. The standard InChI is InChI=1S/C16H23N3O.ClH/c20-15(18-19-12-4-5-13-19)16(8-10-17-11-9-16)14-6-2-1-3-7-14;/h1-3,6-7,17H,4-5,8-13H2,(H,18,20);1H. The lowest BCUT2D eigenvalue weighted by Gasteiger charge is -2.37. The van der Waals surface area contributed by atoms with Crippen molar-refractivity contribution in [2.75, 3.05) is 26.2 Å². The summed E-state index contributed by atoms with van der Waals surface area (Å²) in [5.74, 6) is 0.173. The lowest BCUT2D eigenvalue weighted by molar-refractivity contribution is -0.132. The number of hydrogen-bond donors (Lipinski definition) is 2. The van der Waals surface area contributed by atoms with Crippen LogP contribution in [0.2, 0.25) is 0 Å². The van der Waals surface area contributed by atoms with E-state index < -0.39 is 0 Å². The molecule has 4 nitrogen and oxygen atoms in total. The van der Waals surface area contributed by atoms with E-state index in [0.717, 1.165) is 44.6 Å². The van der Waals surface area contributed by atoms with Crippen molar-refractivity contribution >= 4 is 18.3 Å². The maximum absolute atomic E-state index is 12.9. The van der Waals surface area contributed by atoms with Gasteiger partial charge in [-0.3, -0.25) is 10.2 Å². The molecule has 5 heteroatoms. The van der Waals surface area contributed by atoms with Gasteiger partial charge >= 0.3 is 0 Å². The van der Waals surface area contributed by atoms with Gasteiger partial charge < -0.3 is 5.32 Å². The van der Waals surface area contributed by atoms with E-state index in [2.05, 4.69) is 27.9 Å². The van der Waals surface area contributed by atoms with E-state index in [0.29, 0.717) is 0 Å². The van der Waals surface area contributed by atoms with Crippen LogP contribution in [0, 0.1) is 0 Å². The zero-order valence-electron chi connectivity index (χ0n) is 12.3. The molecule has 0 atom stereocenters. The zero-order chi connectivity index (χ0) is 13.8. The van der Waals surface area contributed by atoms with E-state index in [4.69, 9.17) is 0 Å². The molecule has 2 heterocycles. The molecule has 2 saturated heterocycles. The van der Waals surface area contributed by atoms with Crippen LogP contribution in [0.15, 0.2) is 30.3 Å². The number of hydrazine groups is 1. The summed E-state index contributed by atoms with van der Waals surface area (Å²) < 4.78 is 0. The highest BCUT2D eigenvalue weighted by Gasteiger charge is 2.41. The summed E-state index contributed by atoms with van der Waals surface area (Å²) in [4.78, 5) is 12.9. The van der Waals surface area contributed by atoms with E-state index in [-0.39, 0.29) is 23.7 Å². The van der Waals surface area contributed by atoms with Gasteiger partial charge in [0.25, 0.3) is 0 Å². The second-order valence-corrected chi connectivity index (χ2v) is 5.83. The van der Waals surface area contributed by atoms with Gasteiger partial charge in [0.05, 0.1) is 5.41 Å². The smallest absolute Gasteiger partial charge is 0.245 e. The van der Waals surface area contributed by atoms with E-state index >= 15 is 0 Å². The van der Waals surface area contributed by atoms with Crippen LogP contribution in [0.1, 0.15) is 31.2 Å². The van der Waals surface area contributed by atoms with Crippen molar-refractivity contribution in [1.82, 2.24) is 15.8 Å². The molecule has 2 aliphatic heterocycles. The number of nitrogens with zero attached hydrogens (tertiary/aromatic N) is 1. The van der Waals surface area contributed by atoms with Crippen molar-refractivity contribution < 1.29 is 4.79 Å². The van der Waals surface area contributed by atoms with Gasteiger partial charge in [0.2, 0.25) is 5.91 Å². The topological polar surface area (TPSA) is 44.4 Å². The summed E-state index contributed by atoms with van der Waals surface area (Å²) in [5.41, 5.74) is 3.94. The first-order valence-corrected chi connectivity index (χ1v) is 7.64. The molecule has 0 unspecified atom stereocenters. The van der Waals surface area contributed by atoms with Crippen molar-refractivity contribution in [3.05, 3.63) is 35.9 Å². The number of hydrogen-bond acceptors (Lipinski definition) is 3. The molecule has 0 bridgehead atoms. The fourth-order valence-electron chi connectivity index (χ4n) is 3.34. The minimum absolute atomic E-state index is 0. The van der Waals surface area contributed by atoms with Crippen LogP contribution in [0.4, 0.5) is 0 Å². The van der Waals surface area contributed by atoms with Gasteiger partial charge in [-0.05, 0) is 44.3 Å². The van der Waals surface area contributed by atoms with Crippen LogP contribution in [-0.4, -0.2) is 37.1 Å². The second kappa shape index (κ2) is 7.25. The molecule has 2 aliphatic rings. The molecule has 0 aliphatic carbocycles. The van der Waals surface area contributed by atoms with Gasteiger partial charge in [0.15, 0.2) is 0 Å². The van der Waals surface area contributed by atoms with Gasteiger partial charge in [-0.15, -0.1) is 12.4 Å². The van der Waals surface area contributed by atoms with Crippen LogP contribution >= 0.6 is 12.4 Å². The first kappa shape index (κ1) is 16.3. The van der Waals surface area contributed by atoms with Crippen LogP contribution in [-0.2, 0) is 10.2 Å². The minimum Gasteiger partial charge on any atom is -0.317 e. The Labute approximate surface area is 132 Å². The molecule has 0 aromatic heterocycles. The Morgan fingerprint density at radius 1 is 1.10 bits per heavy atom. The van der Waals surface area contributed by atoms with Gasteiger partial charge in [0, 0.05) is 13.1 Å². The maximum atomic E-state index is 12.9. The molecule has 2 N–H and O–H groups in total. The molecule has 1 aromatic carbocycles. The summed E-state index contributed by atoms with van der Waals surface area (Å²) in [6.45, 7) is 3.77. The number of carbonyl (C=O) groups is 1. The predicted octanol–water partition coefficient (Wildman–Crippen LogP) is 1.86. The lowest BCUT2D eigenvalue weighted by Crippen LogP contribution is -2.54. The summed E-state index contributed by atoms with van der Waals surface area (Å²) in [5, 5.41) is 5.44. The van der Waals surface area contributed by atoms with Crippen molar-refractivity contribution in [3.63, 3.8) is 0 Å². The molecular formula is C16H24ClN3O. The lowest BCUT2D eigenvalue weighted by atomic mass is 9.72. The highest BCUT2D eigenvalue weighted by molar-refractivity contribution is 5.88. The fraction of sp³-hybridized carbons (Fsp3) is 0.562. The van der Waals surface area contributed by atoms with E-state index in [1.807, 2.05) is 18.2 Å². The first-order chi connectivity index (χ1) is 9.81. The van der Waals surface area contributed by atoms with Crippen LogP contribution < -0.4 is 10.7 Å². The van der Waals surface area contributed by atoms with Crippen molar-refractivity contribution in [1.29, 1.82) is 0 Å². The van der Waals surface area contributed by atoms with E-state index in [9.17, 15) is 4.79 Å². The summed E-state index contributed by atoms with van der Waals surface area (Å²) >= 11 is 0. The molecule has 2 fully saturated rings. The Balaban J connectivity index is 0.00000161. The maximum Gasteiger partial charge on any atom is 0.245 e. The van der Waals surface area contributed by atoms with E-state index in [1.54, 1.807) is 0 Å². The molecule has 1 amide bonds. The first-order valence-electron chi connectivity index (χ1n) is 7.64. The Hall–Kier alpha value is -1.10. The Morgan fingerprint density at radius 3 is 2.33 bits per heavy atom. The Morgan fingerprint density at radius 2 is 1.71 bits per heavy atom. The zero-order valence-corrected chi connectivity index (χ0v) is 13.1. The highest BCUT2D eigenvalue weighted by atomic mass is 35.5. The molecule has 0 spiro atoms. The molecule has 21 heavy (non-hydrogen) atoms. The molecular weight excluding hydrogens is 286 g/mol. The number of carbonyl (C=O) groups excluding carboxylic acids is 1. The highest BCUT2D eigenvalue weighted by Crippen LogP contribution is 2.34. The van der Waals surface area contributed by atoms with Gasteiger partial charge in [0.1, 0.15) is 0 Å². The molecule has 0 radical (unpaired) electrons. The van der Waals surface area contributed by atoms with Crippen LogP contribution in [0.5, 0.6) is 0 Å². The van der Waals surface area contributed by atoms with Crippen LogP contribution in [0.3, 0.4) is 0 Å². The molecule has 1 aromatic rings. The third-order valence-corrected chi connectivity index (χ3v) is 4.58. The normalized spacial score (nSPS) is 21.5. The summed E-state index contributed by atoms with van der Waals surface area (Å²) in [6.07, 6.45) is 4.10. The minimum atomic E-state index is -0.366. The van der Waals surface area contributed by atoms with Crippen molar-refractivity contribution in [2.45, 2.75) is 31.1 Å². The SMILES string of the molecule is Cl.O=C(NN1CCCC1)C1(c2ccccc2)CCNCC1. The predicted molar refractivity (Wildman–Crippen MR) is 86.4 cm³/mol. The fourth-order valence-corrected chi connectivity index (χ4v) is 3.34. The second-order valence-electron chi connectivity index (χ2n) is 5.83. The summed E-state index contributed by atoms with van der Waals surface area (Å²) in [6, 6.07) is 10.3. The average molecular weight is 310 g/mol. The van der Waals surface area contributed by atoms with E-state index in [1.165, 1.54) is 12.8 Å². The Kier molecular flexibility index (Phi) is 5.62. The Bertz CT molecular complexity index is 454. The number of halogens is 1. The molecule has 116 valence electrons. The molecule has 0 saturated carbocycles. The van der Waals surface area contributed by atoms with Gasteiger partial charge in [-0.25, -0.2) is 5.01 Å². The summed E-state index contributed by atoms with van der Waals surface area (Å²) in [7, 11) is 0. The van der Waals surface area contributed by atoms with Crippen molar-refractivity contribution in [3.8, 4) is 0 Å². The number of amides is 1. The van der Waals surface area contributed by atoms with Gasteiger partial charge in [-0.2, -0.15) is 0 Å². The number of nitrogens with one attached hydrogen (secondary N) is 2. The number of piperidine rings is 1. The number of benzene rings is 1. The monoisotopic (exact) mass is 309 g/mol. The third kappa shape index (κ3) is 3.39. The van der Waals surface area contributed by atoms with Gasteiger partial charge in [-0.1, -0.05) is 30.3 Å². The quantitative estimate of drug-likeness (QED) is 0.896. The van der Waals surface area contributed by atoms with Crippen molar-refractivity contribution in [2.24, 2.45) is 0 Å². The largest absolute Gasteiger partial charge is 0.317 e. The molecule has 3 rings (SSSR count). The van der Waals surface area contributed by atoms with Crippen LogP contribution in [0.25, 0.3) is 0 Å².